The Hall–Kier alpha value is -3.39. The number of carbonyl (C=O) groups excluding carboxylic acids is 1. The number of phenols is 1. The lowest BCUT2D eigenvalue weighted by atomic mass is 10.1. The van der Waals surface area contributed by atoms with Crippen LogP contribution in [0.2, 0.25) is 5.02 Å². The first-order chi connectivity index (χ1) is 14.2. The second-order valence-electron chi connectivity index (χ2n) is 6.41. The number of aromatic hydroxyl groups is 1. The predicted molar refractivity (Wildman–Crippen MR) is 103 cm³/mol. The van der Waals surface area contributed by atoms with E-state index in [4.69, 9.17) is 11.6 Å². The fraction of sp³-hybridized carbons (Fsp3) is 0.0476. The maximum atomic E-state index is 14.6. The SMILES string of the molecule is O=C(c1c(Cl)cccc1C(F)(F)F)n1nc(-c2cccc(O)c2)c2c(F)cccc21. The molecule has 9 heteroatoms. The Bertz CT molecular complexity index is 1300. The molecule has 1 N–H and O–H groups in total. The van der Waals surface area contributed by atoms with Crippen molar-refractivity contribution in [2.75, 3.05) is 0 Å². The van der Waals surface area contributed by atoms with Gasteiger partial charge in [0.2, 0.25) is 0 Å². The number of phenolic OH excluding ortho intramolecular Hbond substituents is 1. The largest absolute Gasteiger partial charge is 0.508 e. The maximum absolute atomic E-state index is 14.6. The summed E-state index contributed by atoms with van der Waals surface area (Å²) in [4.78, 5) is 13.1. The summed E-state index contributed by atoms with van der Waals surface area (Å²) in [6.45, 7) is 0. The average molecular weight is 435 g/mol. The molecule has 30 heavy (non-hydrogen) atoms. The molecular formula is C21H11ClF4N2O2. The topological polar surface area (TPSA) is 55.1 Å². The molecule has 0 aliphatic heterocycles. The molecule has 1 aromatic heterocycles. The van der Waals surface area contributed by atoms with Crippen molar-refractivity contribution >= 4 is 28.4 Å². The van der Waals surface area contributed by atoms with Gasteiger partial charge >= 0.3 is 6.18 Å². The zero-order valence-corrected chi connectivity index (χ0v) is 15.7. The molecule has 0 saturated carbocycles. The highest BCUT2D eigenvalue weighted by atomic mass is 35.5. The van der Waals surface area contributed by atoms with Gasteiger partial charge in [-0.2, -0.15) is 23.0 Å². The zero-order valence-electron chi connectivity index (χ0n) is 14.9. The molecule has 0 amide bonds. The number of fused-ring (bicyclic) bond motifs is 1. The molecular weight excluding hydrogens is 424 g/mol. The molecule has 0 atom stereocenters. The molecule has 0 aliphatic rings. The number of carbonyl (C=O) groups is 1. The lowest BCUT2D eigenvalue weighted by Crippen LogP contribution is -2.20. The number of hydrogen-bond donors (Lipinski definition) is 1. The summed E-state index contributed by atoms with van der Waals surface area (Å²) in [6.07, 6.45) is -4.84. The minimum Gasteiger partial charge on any atom is -0.508 e. The minimum atomic E-state index is -4.84. The molecule has 0 bridgehead atoms. The number of hydrogen-bond acceptors (Lipinski definition) is 3. The van der Waals surface area contributed by atoms with E-state index >= 15 is 0 Å². The Labute approximate surface area is 171 Å². The number of rotatable bonds is 2. The first kappa shape index (κ1) is 19.9. The Balaban J connectivity index is 2.01. The van der Waals surface area contributed by atoms with Crippen LogP contribution in [-0.2, 0) is 6.18 Å². The van der Waals surface area contributed by atoms with Gasteiger partial charge in [-0.05, 0) is 36.4 Å². The Morgan fingerprint density at radius 2 is 1.73 bits per heavy atom. The predicted octanol–water partition coefficient (Wildman–Crippen LogP) is 5.91. The average Bonchev–Trinajstić information content (AvgIpc) is 3.08. The molecule has 4 rings (SSSR count). The van der Waals surface area contributed by atoms with Gasteiger partial charge in [0.1, 0.15) is 17.3 Å². The normalized spacial score (nSPS) is 11.8. The van der Waals surface area contributed by atoms with Gasteiger partial charge in [0.15, 0.2) is 0 Å². The molecule has 4 nitrogen and oxygen atoms in total. The van der Waals surface area contributed by atoms with Crippen LogP contribution in [0.4, 0.5) is 17.6 Å². The second-order valence-corrected chi connectivity index (χ2v) is 6.82. The zero-order chi connectivity index (χ0) is 21.6. The number of benzene rings is 3. The van der Waals surface area contributed by atoms with Crippen molar-refractivity contribution in [3.63, 3.8) is 0 Å². The highest BCUT2D eigenvalue weighted by Crippen LogP contribution is 2.37. The van der Waals surface area contributed by atoms with E-state index in [0.29, 0.717) is 4.68 Å². The van der Waals surface area contributed by atoms with Gasteiger partial charge in [0.25, 0.3) is 5.91 Å². The quantitative estimate of drug-likeness (QED) is 0.399. The molecule has 0 spiro atoms. The lowest BCUT2D eigenvalue weighted by molar-refractivity contribution is -0.137. The number of aromatic nitrogens is 2. The van der Waals surface area contributed by atoms with E-state index in [-0.39, 0.29) is 27.9 Å². The molecule has 0 fully saturated rings. The van der Waals surface area contributed by atoms with Crippen LogP contribution in [0, 0.1) is 5.82 Å². The molecule has 3 aromatic carbocycles. The van der Waals surface area contributed by atoms with Crippen molar-refractivity contribution in [3.05, 3.63) is 82.6 Å². The van der Waals surface area contributed by atoms with Crippen LogP contribution < -0.4 is 0 Å². The summed E-state index contributed by atoms with van der Waals surface area (Å²) < 4.78 is 55.7. The second kappa shape index (κ2) is 7.14. The number of alkyl halides is 3. The summed E-state index contributed by atoms with van der Waals surface area (Å²) in [5.41, 5.74) is -1.77. The van der Waals surface area contributed by atoms with Crippen LogP contribution in [0.1, 0.15) is 15.9 Å². The van der Waals surface area contributed by atoms with Gasteiger partial charge in [-0.25, -0.2) is 4.39 Å². The third-order valence-corrected chi connectivity index (χ3v) is 4.82. The van der Waals surface area contributed by atoms with Gasteiger partial charge in [0, 0.05) is 5.56 Å². The van der Waals surface area contributed by atoms with Crippen molar-refractivity contribution < 1.29 is 27.5 Å². The van der Waals surface area contributed by atoms with Gasteiger partial charge in [-0.15, -0.1) is 0 Å². The van der Waals surface area contributed by atoms with E-state index in [2.05, 4.69) is 5.10 Å². The molecule has 0 unspecified atom stereocenters. The van der Waals surface area contributed by atoms with Crippen LogP contribution in [0.5, 0.6) is 5.75 Å². The van der Waals surface area contributed by atoms with Gasteiger partial charge < -0.3 is 5.11 Å². The first-order valence-corrected chi connectivity index (χ1v) is 8.93. The molecule has 152 valence electrons. The minimum absolute atomic E-state index is 0.00652. The summed E-state index contributed by atoms with van der Waals surface area (Å²) in [5, 5.41) is 13.3. The van der Waals surface area contributed by atoms with E-state index in [9.17, 15) is 27.5 Å². The fourth-order valence-electron chi connectivity index (χ4n) is 3.22. The van der Waals surface area contributed by atoms with Crippen LogP contribution in [-0.4, -0.2) is 20.8 Å². The monoisotopic (exact) mass is 434 g/mol. The Morgan fingerprint density at radius 3 is 2.43 bits per heavy atom. The van der Waals surface area contributed by atoms with Gasteiger partial charge in [-0.1, -0.05) is 35.9 Å². The summed E-state index contributed by atoms with van der Waals surface area (Å²) in [5.74, 6) is -2.00. The smallest absolute Gasteiger partial charge is 0.417 e. The molecule has 4 aromatic rings. The van der Waals surface area contributed by atoms with Crippen LogP contribution in [0.3, 0.4) is 0 Å². The first-order valence-electron chi connectivity index (χ1n) is 8.55. The third-order valence-electron chi connectivity index (χ3n) is 4.50. The standard InChI is InChI=1S/C21H11ClF4N2O2/c22-14-7-2-6-13(21(24,25)26)17(14)20(30)28-16-9-3-8-15(23)18(16)19(27-28)11-4-1-5-12(29)10-11/h1-10,29H. The van der Waals surface area contributed by atoms with E-state index < -0.39 is 34.1 Å². The van der Waals surface area contributed by atoms with E-state index in [1.54, 1.807) is 0 Å². The summed E-state index contributed by atoms with van der Waals surface area (Å²) in [6, 6.07) is 12.5. The molecule has 1 heterocycles. The van der Waals surface area contributed by atoms with E-state index in [1.165, 1.54) is 36.4 Å². The maximum Gasteiger partial charge on any atom is 0.417 e. The summed E-state index contributed by atoms with van der Waals surface area (Å²) >= 11 is 5.94. The fourth-order valence-corrected chi connectivity index (χ4v) is 3.48. The Kier molecular flexibility index (Phi) is 4.74. The van der Waals surface area contributed by atoms with Crippen molar-refractivity contribution in [2.45, 2.75) is 6.18 Å². The van der Waals surface area contributed by atoms with E-state index in [0.717, 1.165) is 24.3 Å². The van der Waals surface area contributed by atoms with Gasteiger partial charge in [-0.3, -0.25) is 4.79 Å². The molecule has 0 radical (unpaired) electrons. The van der Waals surface area contributed by atoms with Crippen molar-refractivity contribution in [3.8, 4) is 17.0 Å². The highest BCUT2D eigenvalue weighted by Gasteiger charge is 2.37. The van der Waals surface area contributed by atoms with Crippen LogP contribution in [0.15, 0.2) is 60.7 Å². The lowest BCUT2D eigenvalue weighted by Gasteiger charge is -2.13. The molecule has 0 saturated heterocycles. The number of nitrogens with zero attached hydrogens (tertiary/aromatic N) is 2. The van der Waals surface area contributed by atoms with Crippen molar-refractivity contribution in [1.29, 1.82) is 0 Å². The van der Waals surface area contributed by atoms with E-state index in [1.807, 2.05) is 0 Å². The number of halogens is 5. The highest BCUT2D eigenvalue weighted by molar-refractivity contribution is 6.34. The Morgan fingerprint density at radius 1 is 1.03 bits per heavy atom. The summed E-state index contributed by atoms with van der Waals surface area (Å²) in [7, 11) is 0. The van der Waals surface area contributed by atoms with Crippen LogP contribution >= 0.6 is 11.6 Å². The van der Waals surface area contributed by atoms with Crippen molar-refractivity contribution in [2.24, 2.45) is 0 Å². The van der Waals surface area contributed by atoms with Crippen molar-refractivity contribution in [1.82, 2.24) is 9.78 Å². The third kappa shape index (κ3) is 3.29. The van der Waals surface area contributed by atoms with Gasteiger partial charge in [0.05, 0.1) is 27.1 Å². The van der Waals surface area contributed by atoms with Crippen LogP contribution in [0.25, 0.3) is 22.2 Å². The molecule has 0 aliphatic carbocycles.